The highest BCUT2D eigenvalue weighted by Gasteiger charge is 2.29. The first-order valence-electron chi connectivity index (χ1n) is 8.07. The molecule has 24 heavy (non-hydrogen) atoms. The third-order valence-electron chi connectivity index (χ3n) is 4.35. The molecular weight excluding hydrogens is 328 g/mol. The molecule has 0 atom stereocenters. The fourth-order valence-electron chi connectivity index (χ4n) is 2.90. The summed E-state index contributed by atoms with van der Waals surface area (Å²) < 4.78 is 16.0. The van der Waals surface area contributed by atoms with Gasteiger partial charge in [0.25, 0.3) is 0 Å². The maximum absolute atomic E-state index is 10.4. The molecule has 2 aliphatic rings. The molecule has 0 unspecified atom stereocenters. The van der Waals surface area contributed by atoms with Crippen molar-refractivity contribution in [2.45, 2.75) is 25.0 Å². The summed E-state index contributed by atoms with van der Waals surface area (Å²) in [6, 6.07) is 5.87. The number of benzene rings is 1. The Bertz CT molecular complexity index is 712. The fraction of sp³-hybridized carbons (Fsp3) is 0.471. The Morgan fingerprint density at radius 2 is 2.04 bits per heavy atom. The third-order valence-corrected chi connectivity index (χ3v) is 5.30. The molecule has 0 radical (unpaired) electrons. The molecule has 0 amide bonds. The van der Waals surface area contributed by atoms with E-state index in [4.69, 9.17) is 14.2 Å². The van der Waals surface area contributed by atoms with E-state index in [1.165, 1.54) is 0 Å². The van der Waals surface area contributed by atoms with E-state index in [0.717, 1.165) is 27.8 Å². The predicted molar refractivity (Wildman–Crippen MR) is 90.4 cm³/mol. The molecule has 0 saturated carbocycles. The van der Waals surface area contributed by atoms with Crippen LogP contribution in [0.5, 0.6) is 11.5 Å². The third kappa shape index (κ3) is 3.39. The van der Waals surface area contributed by atoms with Crippen molar-refractivity contribution in [2.24, 2.45) is 0 Å². The summed E-state index contributed by atoms with van der Waals surface area (Å²) in [5, 5.41) is 16.7. The number of hydrogen-bond donors (Lipinski definition) is 2. The van der Waals surface area contributed by atoms with Crippen LogP contribution in [0.15, 0.2) is 23.6 Å². The van der Waals surface area contributed by atoms with E-state index in [9.17, 15) is 5.11 Å². The maximum atomic E-state index is 10.4. The number of aromatic nitrogens is 1. The number of hydrogen-bond acceptors (Lipinski definition) is 7. The summed E-state index contributed by atoms with van der Waals surface area (Å²) in [6.07, 6.45) is 1.36. The molecule has 0 spiro atoms. The van der Waals surface area contributed by atoms with Crippen LogP contribution in [0.25, 0.3) is 10.6 Å². The van der Waals surface area contributed by atoms with Gasteiger partial charge in [-0.1, -0.05) is 0 Å². The highest BCUT2D eigenvalue weighted by atomic mass is 32.1. The van der Waals surface area contributed by atoms with Crippen molar-refractivity contribution in [3.05, 3.63) is 29.3 Å². The Kier molecular flexibility index (Phi) is 4.41. The van der Waals surface area contributed by atoms with E-state index in [0.29, 0.717) is 39.1 Å². The largest absolute Gasteiger partial charge is 0.454 e. The zero-order valence-electron chi connectivity index (χ0n) is 13.3. The van der Waals surface area contributed by atoms with Crippen LogP contribution in [-0.2, 0) is 11.3 Å². The van der Waals surface area contributed by atoms with Crippen LogP contribution in [0.3, 0.4) is 0 Å². The minimum Gasteiger partial charge on any atom is -0.454 e. The summed E-state index contributed by atoms with van der Waals surface area (Å²) in [5.74, 6) is 1.55. The Labute approximate surface area is 144 Å². The average molecular weight is 348 g/mol. The number of thiazole rings is 1. The number of fused-ring (bicyclic) bond motifs is 1. The number of nitrogens with zero attached hydrogens (tertiary/aromatic N) is 1. The second-order valence-corrected chi connectivity index (χ2v) is 7.01. The summed E-state index contributed by atoms with van der Waals surface area (Å²) >= 11 is 1.60. The quantitative estimate of drug-likeness (QED) is 0.863. The van der Waals surface area contributed by atoms with Gasteiger partial charge in [0.2, 0.25) is 6.79 Å². The molecule has 7 heteroatoms. The molecule has 1 aromatic carbocycles. The summed E-state index contributed by atoms with van der Waals surface area (Å²) in [4.78, 5) is 4.66. The average Bonchev–Trinajstić information content (AvgIpc) is 3.23. The molecule has 1 aromatic heterocycles. The lowest BCUT2D eigenvalue weighted by Crippen LogP contribution is -2.44. The lowest BCUT2D eigenvalue weighted by Gasteiger charge is -2.32. The van der Waals surface area contributed by atoms with Crippen molar-refractivity contribution in [1.29, 1.82) is 0 Å². The van der Waals surface area contributed by atoms with Gasteiger partial charge < -0.3 is 24.6 Å². The van der Waals surface area contributed by atoms with Gasteiger partial charge in [-0.2, -0.15) is 0 Å². The molecule has 2 aliphatic heterocycles. The first-order chi connectivity index (χ1) is 11.7. The van der Waals surface area contributed by atoms with Gasteiger partial charge in [0.05, 0.1) is 11.3 Å². The molecule has 0 bridgehead atoms. The standard InChI is InChI=1S/C17H20N2O4S/c20-17(3-5-21-6-4-17)10-18-8-13-9-24-16(19-13)12-1-2-14-15(7-12)23-11-22-14/h1-2,7,9,18,20H,3-6,8,10-11H2. The molecule has 3 heterocycles. The summed E-state index contributed by atoms with van der Waals surface area (Å²) in [6.45, 7) is 2.74. The van der Waals surface area contributed by atoms with Gasteiger partial charge in [-0.15, -0.1) is 11.3 Å². The minimum atomic E-state index is -0.658. The molecule has 0 aliphatic carbocycles. The molecular formula is C17H20N2O4S. The number of rotatable bonds is 5. The number of aliphatic hydroxyl groups is 1. The summed E-state index contributed by atoms with van der Waals surface area (Å²) in [5.41, 5.74) is 1.34. The van der Waals surface area contributed by atoms with Crippen molar-refractivity contribution >= 4 is 11.3 Å². The van der Waals surface area contributed by atoms with E-state index >= 15 is 0 Å². The van der Waals surface area contributed by atoms with Crippen molar-refractivity contribution < 1.29 is 19.3 Å². The van der Waals surface area contributed by atoms with Crippen LogP contribution in [0.4, 0.5) is 0 Å². The van der Waals surface area contributed by atoms with Gasteiger partial charge in [-0.05, 0) is 18.2 Å². The van der Waals surface area contributed by atoms with Crippen LogP contribution < -0.4 is 14.8 Å². The van der Waals surface area contributed by atoms with Crippen LogP contribution in [0.2, 0.25) is 0 Å². The fourth-order valence-corrected chi connectivity index (χ4v) is 3.72. The van der Waals surface area contributed by atoms with Crippen LogP contribution in [-0.4, -0.2) is 42.2 Å². The number of ether oxygens (including phenoxy) is 3. The Hall–Kier alpha value is -1.67. The number of nitrogens with one attached hydrogen (secondary N) is 1. The highest BCUT2D eigenvalue weighted by molar-refractivity contribution is 7.13. The van der Waals surface area contributed by atoms with E-state index in [-0.39, 0.29) is 6.79 Å². The first kappa shape index (κ1) is 15.8. The van der Waals surface area contributed by atoms with Crippen molar-refractivity contribution in [1.82, 2.24) is 10.3 Å². The molecule has 4 rings (SSSR count). The van der Waals surface area contributed by atoms with Gasteiger partial charge >= 0.3 is 0 Å². The molecule has 2 N–H and O–H groups in total. The highest BCUT2D eigenvalue weighted by Crippen LogP contribution is 2.36. The van der Waals surface area contributed by atoms with Crippen LogP contribution in [0, 0.1) is 0 Å². The monoisotopic (exact) mass is 348 g/mol. The lowest BCUT2D eigenvalue weighted by molar-refractivity contribution is -0.0617. The van der Waals surface area contributed by atoms with Gasteiger partial charge in [-0.25, -0.2) is 4.98 Å². The van der Waals surface area contributed by atoms with Gasteiger partial charge in [0.1, 0.15) is 5.01 Å². The van der Waals surface area contributed by atoms with Crippen LogP contribution in [0.1, 0.15) is 18.5 Å². The van der Waals surface area contributed by atoms with E-state index < -0.39 is 5.60 Å². The smallest absolute Gasteiger partial charge is 0.231 e. The van der Waals surface area contributed by atoms with Gasteiger partial charge in [-0.3, -0.25) is 0 Å². The second kappa shape index (κ2) is 6.68. The molecule has 6 nitrogen and oxygen atoms in total. The molecule has 1 fully saturated rings. The Morgan fingerprint density at radius 3 is 2.92 bits per heavy atom. The predicted octanol–water partition coefficient (Wildman–Crippen LogP) is 2.17. The first-order valence-corrected chi connectivity index (χ1v) is 8.95. The summed E-state index contributed by atoms with van der Waals surface area (Å²) in [7, 11) is 0. The second-order valence-electron chi connectivity index (χ2n) is 6.15. The van der Waals surface area contributed by atoms with Gasteiger partial charge in [0, 0.05) is 50.1 Å². The van der Waals surface area contributed by atoms with Gasteiger partial charge in [0.15, 0.2) is 11.5 Å². The molecule has 128 valence electrons. The zero-order chi connectivity index (χ0) is 16.4. The Balaban J connectivity index is 1.36. The van der Waals surface area contributed by atoms with Crippen LogP contribution >= 0.6 is 11.3 Å². The topological polar surface area (TPSA) is 72.8 Å². The lowest BCUT2D eigenvalue weighted by atomic mass is 9.94. The van der Waals surface area contributed by atoms with Crippen molar-refractivity contribution in [3.8, 4) is 22.1 Å². The normalized spacial score (nSPS) is 18.7. The van der Waals surface area contributed by atoms with E-state index in [1.807, 2.05) is 23.6 Å². The minimum absolute atomic E-state index is 0.278. The molecule has 1 saturated heterocycles. The van der Waals surface area contributed by atoms with Crippen molar-refractivity contribution in [2.75, 3.05) is 26.6 Å². The van der Waals surface area contributed by atoms with Crippen molar-refractivity contribution in [3.63, 3.8) is 0 Å². The SMILES string of the molecule is OC1(CNCc2csc(-c3ccc4c(c3)OCO4)n2)CCOCC1. The zero-order valence-corrected chi connectivity index (χ0v) is 14.1. The van der Waals surface area contributed by atoms with E-state index in [1.54, 1.807) is 11.3 Å². The molecule has 2 aromatic rings. The maximum Gasteiger partial charge on any atom is 0.231 e. The Morgan fingerprint density at radius 1 is 1.21 bits per heavy atom. The van der Waals surface area contributed by atoms with E-state index in [2.05, 4.69) is 10.3 Å².